The minimum absolute atomic E-state index is 0.126. The number of fused-ring (bicyclic) bond motifs is 1. The fourth-order valence-electron chi connectivity index (χ4n) is 3.48. The van der Waals surface area contributed by atoms with Crippen LogP contribution in [0.3, 0.4) is 0 Å². The first kappa shape index (κ1) is 23.1. The predicted octanol–water partition coefficient (Wildman–Crippen LogP) is 4.96. The summed E-state index contributed by atoms with van der Waals surface area (Å²) in [6, 6.07) is 16.4. The molecule has 3 aromatic carbocycles. The number of carbonyl (C=O) groups excluding carboxylic acids is 1. The Bertz CT molecular complexity index is 1360. The van der Waals surface area contributed by atoms with Gasteiger partial charge >= 0.3 is 0 Å². The zero-order valence-corrected chi connectivity index (χ0v) is 19.9. The molecule has 1 heterocycles. The van der Waals surface area contributed by atoms with E-state index in [1.165, 1.54) is 21.3 Å². The first-order chi connectivity index (χ1) is 16.4. The van der Waals surface area contributed by atoms with Crippen LogP contribution in [0.4, 0.5) is 5.69 Å². The normalized spacial score (nSPS) is 10.6. The molecule has 0 atom stereocenters. The van der Waals surface area contributed by atoms with Crippen molar-refractivity contribution in [1.82, 2.24) is 10.3 Å². The zero-order valence-electron chi connectivity index (χ0n) is 19.1. The lowest BCUT2D eigenvalue weighted by atomic mass is 10.1. The second kappa shape index (κ2) is 9.80. The van der Waals surface area contributed by atoms with Crippen LogP contribution in [0, 0.1) is 6.92 Å². The van der Waals surface area contributed by atoms with Crippen molar-refractivity contribution in [3.63, 3.8) is 0 Å². The topological polar surface area (TPSA) is 94.9 Å². The number of rotatable bonds is 6. The molecule has 9 heteroatoms. The first-order valence-corrected chi connectivity index (χ1v) is 10.7. The second-order valence-electron chi connectivity index (χ2n) is 7.34. The average Bonchev–Trinajstić information content (AvgIpc) is 3.26. The summed E-state index contributed by atoms with van der Waals surface area (Å²) in [6.45, 7) is 2.01. The minimum atomic E-state index is -0.430. The molecule has 4 aromatic rings. The van der Waals surface area contributed by atoms with Crippen LogP contribution < -0.4 is 24.8 Å². The summed E-state index contributed by atoms with van der Waals surface area (Å²) >= 11 is 5.33. The highest BCUT2D eigenvalue weighted by molar-refractivity contribution is 7.80. The van der Waals surface area contributed by atoms with Crippen molar-refractivity contribution in [2.24, 2.45) is 0 Å². The maximum absolute atomic E-state index is 12.8. The summed E-state index contributed by atoms with van der Waals surface area (Å²) in [5.41, 5.74) is 4.28. The standard InChI is InChI=1S/C25H23N3O5S/c1-14-7-5-6-8-17(14)24-27-18-13-16(9-10-19(18)33-24)26-25(34)28-23(29)15-11-20(30-2)22(32-4)21(12-15)31-3/h5-13H,1-4H3,(H2,26,28,29,34). The molecule has 1 aromatic heterocycles. The van der Waals surface area contributed by atoms with Gasteiger partial charge in [0.25, 0.3) is 5.91 Å². The lowest BCUT2D eigenvalue weighted by Gasteiger charge is -2.14. The summed E-state index contributed by atoms with van der Waals surface area (Å²) in [4.78, 5) is 17.4. The van der Waals surface area contributed by atoms with E-state index in [-0.39, 0.29) is 5.11 Å². The average molecular weight is 478 g/mol. The summed E-state index contributed by atoms with van der Waals surface area (Å²) in [7, 11) is 4.46. The number of carbonyl (C=O) groups is 1. The van der Waals surface area contributed by atoms with Crippen molar-refractivity contribution in [2.75, 3.05) is 26.6 Å². The molecule has 0 spiro atoms. The Kier molecular flexibility index (Phi) is 6.65. The molecule has 8 nitrogen and oxygen atoms in total. The quantitative estimate of drug-likeness (QED) is 0.377. The maximum Gasteiger partial charge on any atom is 0.257 e. The number of aryl methyl sites for hydroxylation is 1. The van der Waals surface area contributed by atoms with Crippen LogP contribution in [-0.2, 0) is 0 Å². The van der Waals surface area contributed by atoms with E-state index in [1.807, 2.05) is 31.2 Å². The number of ether oxygens (including phenoxy) is 3. The Hall–Kier alpha value is -4.11. The summed E-state index contributed by atoms with van der Waals surface area (Å²) in [5.74, 6) is 1.25. The molecular formula is C25H23N3O5S. The van der Waals surface area contributed by atoms with Gasteiger partial charge in [-0.15, -0.1) is 0 Å². The molecule has 0 bridgehead atoms. The Morgan fingerprint density at radius 3 is 2.32 bits per heavy atom. The first-order valence-electron chi connectivity index (χ1n) is 10.3. The lowest BCUT2D eigenvalue weighted by molar-refractivity contribution is 0.0977. The number of methoxy groups -OCH3 is 3. The number of oxazole rings is 1. The van der Waals surface area contributed by atoms with E-state index >= 15 is 0 Å². The van der Waals surface area contributed by atoms with Crippen molar-refractivity contribution in [1.29, 1.82) is 0 Å². The molecule has 1 amide bonds. The van der Waals surface area contributed by atoms with Crippen molar-refractivity contribution in [3.8, 4) is 28.7 Å². The van der Waals surface area contributed by atoms with Gasteiger partial charge in [-0.25, -0.2) is 4.98 Å². The molecule has 0 aliphatic heterocycles. The molecule has 0 aliphatic rings. The van der Waals surface area contributed by atoms with Gasteiger partial charge in [-0.05, 0) is 61.1 Å². The molecule has 2 N–H and O–H groups in total. The Morgan fingerprint density at radius 2 is 1.68 bits per heavy atom. The summed E-state index contributed by atoms with van der Waals surface area (Å²) < 4.78 is 21.8. The van der Waals surface area contributed by atoms with E-state index < -0.39 is 5.91 Å². The van der Waals surface area contributed by atoms with Crippen LogP contribution in [-0.4, -0.2) is 37.3 Å². The third kappa shape index (κ3) is 4.65. The molecule has 0 saturated heterocycles. The van der Waals surface area contributed by atoms with Crippen LogP contribution in [0.5, 0.6) is 17.2 Å². The van der Waals surface area contributed by atoms with Gasteiger partial charge in [-0.2, -0.15) is 0 Å². The molecule has 0 fully saturated rings. The highest BCUT2D eigenvalue weighted by Crippen LogP contribution is 2.38. The van der Waals surface area contributed by atoms with Crippen molar-refractivity contribution < 1.29 is 23.4 Å². The minimum Gasteiger partial charge on any atom is -0.493 e. The van der Waals surface area contributed by atoms with Crippen molar-refractivity contribution >= 4 is 40.0 Å². The monoisotopic (exact) mass is 477 g/mol. The van der Waals surface area contributed by atoms with E-state index in [1.54, 1.807) is 30.3 Å². The van der Waals surface area contributed by atoms with Crippen LogP contribution in [0.2, 0.25) is 0 Å². The zero-order chi connectivity index (χ0) is 24.2. The molecule has 0 unspecified atom stereocenters. The van der Waals surface area contributed by atoms with Gasteiger partial charge in [0, 0.05) is 16.8 Å². The van der Waals surface area contributed by atoms with Crippen molar-refractivity contribution in [3.05, 3.63) is 65.7 Å². The Balaban J connectivity index is 1.50. The summed E-state index contributed by atoms with van der Waals surface area (Å²) in [5, 5.41) is 5.79. The van der Waals surface area contributed by atoms with Gasteiger partial charge in [-0.3, -0.25) is 10.1 Å². The van der Waals surface area contributed by atoms with Gasteiger partial charge in [0.05, 0.1) is 21.3 Å². The molecule has 34 heavy (non-hydrogen) atoms. The van der Waals surface area contributed by atoms with Gasteiger partial charge < -0.3 is 23.9 Å². The maximum atomic E-state index is 12.8. The number of aromatic nitrogens is 1. The largest absolute Gasteiger partial charge is 0.493 e. The fourth-order valence-corrected chi connectivity index (χ4v) is 3.69. The van der Waals surface area contributed by atoms with Gasteiger partial charge in [0.1, 0.15) is 5.52 Å². The molecule has 0 radical (unpaired) electrons. The SMILES string of the molecule is COc1cc(C(=O)NC(=S)Nc2ccc3oc(-c4ccccc4C)nc3c2)cc(OC)c1OC. The van der Waals surface area contributed by atoms with Crippen LogP contribution in [0.15, 0.2) is 59.0 Å². The lowest BCUT2D eigenvalue weighted by Crippen LogP contribution is -2.34. The van der Waals surface area contributed by atoms with Crippen LogP contribution in [0.1, 0.15) is 15.9 Å². The molecule has 4 rings (SSSR count). The van der Waals surface area contributed by atoms with E-state index in [2.05, 4.69) is 15.6 Å². The van der Waals surface area contributed by atoms with Crippen LogP contribution in [0.25, 0.3) is 22.6 Å². The molecule has 174 valence electrons. The number of nitrogens with zero attached hydrogens (tertiary/aromatic N) is 1. The highest BCUT2D eigenvalue weighted by Gasteiger charge is 2.18. The highest BCUT2D eigenvalue weighted by atomic mass is 32.1. The number of amides is 1. The van der Waals surface area contributed by atoms with E-state index in [4.69, 9.17) is 30.8 Å². The van der Waals surface area contributed by atoms with E-state index in [0.29, 0.717) is 45.5 Å². The van der Waals surface area contributed by atoms with Gasteiger partial charge in [0.15, 0.2) is 22.2 Å². The molecular weight excluding hydrogens is 454 g/mol. The van der Waals surface area contributed by atoms with Gasteiger partial charge in [0.2, 0.25) is 11.6 Å². The van der Waals surface area contributed by atoms with Gasteiger partial charge in [-0.1, -0.05) is 18.2 Å². The number of hydrogen-bond donors (Lipinski definition) is 2. The number of nitrogens with one attached hydrogen (secondary N) is 2. The number of hydrogen-bond acceptors (Lipinski definition) is 7. The van der Waals surface area contributed by atoms with Crippen LogP contribution >= 0.6 is 12.2 Å². The number of thiocarbonyl (C=S) groups is 1. The van der Waals surface area contributed by atoms with Crippen molar-refractivity contribution in [2.45, 2.75) is 6.92 Å². The predicted molar refractivity (Wildman–Crippen MR) is 134 cm³/mol. The number of anilines is 1. The second-order valence-corrected chi connectivity index (χ2v) is 7.75. The summed E-state index contributed by atoms with van der Waals surface area (Å²) in [6.07, 6.45) is 0. The fraction of sp³-hybridized carbons (Fsp3) is 0.160. The molecule has 0 saturated carbocycles. The smallest absolute Gasteiger partial charge is 0.257 e. The van der Waals surface area contributed by atoms with E-state index in [0.717, 1.165) is 11.1 Å². The Morgan fingerprint density at radius 1 is 0.971 bits per heavy atom. The third-order valence-corrected chi connectivity index (χ3v) is 5.38. The third-order valence-electron chi connectivity index (χ3n) is 5.17. The molecule has 0 aliphatic carbocycles. The Labute approximate surface area is 201 Å². The number of benzene rings is 3. The van der Waals surface area contributed by atoms with E-state index in [9.17, 15) is 4.79 Å².